The SMILES string of the molecule is CCCCOCCOCCOCCC(C)CNCCOC. The minimum Gasteiger partial charge on any atom is -0.383 e. The lowest BCUT2D eigenvalue weighted by Crippen LogP contribution is -2.25. The van der Waals surface area contributed by atoms with Gasteiger partial charge in [0.1, 0.15) is 0 Å². The predicted molar refractivity (Wildman–Crippen MR) is 85.9 cm³/mol. The van der Waals surface area contributed by atoms with Crippen molar-refractivity contribution in [2.24, 2.45) is 5.92 Å². The Balaban J connectivity index is 3.07. The van der Waals surface area contributed by atoms with Crippen LogP contribution in [0, 0.1) is 5.92 Å². The highest BCUT2D eigenvalue weighted by Crippen LogP contribution is 2.00. The zero-order valence-electron chi connectivity index (χ0n) is 14.2. The van der Waals surface area contributed by atoms with Crippen LogP contribution in [0.15, 0.2) is 0 Å². The fraction of sp³-hybridized carbons (Fsp3) is 1.00. The second kappa shape index (κ2) is 17.9. The first-order valence-electron chi connectivity index (χ1n) is 8.24. The van der Waals surface area contributed by atoms with E-state index in [-0.39, 0.29) is 0 Å². The maximum Gasteiger partial charge on any atom is 0.0701 e. The Kier molecular flexibility index (Phi) is 17.7. The van der Waals surface area contributed by atoms with Crippen molar-refractivity contribution in [2.75, 3.05) is 66.4 Å². The third kappa shape index (κ3) is 17.7. The summed E-state index contributed by atoms with van der Waals surface area (Å²) >= 11 is 0. The summed E-state index contributed by atoms with van der Waals surface area (Å²) in [6, 6.07) is 0. The Labute approximate surface area is 130 Å². The summed E-state index contributed by atoms with van der Waals surface area (Å²) in [7, 11) is 1.72. The Morgan fingerprint density at radius 1 is 0.857 bits per heavy atom. The number of rotatable bonds is 17. The summed E-state index contributed by atoms with van der Waals surface area (Å²) in [6.45, 7) is 11.4. The average molecular weight is 305 g/mol. The van der Waals surface area contributed by atoms with Gasteiger partial charge in [0.2, 0.25) is 0 Å². The van der Waals surface area contributed by atoms with Crippen LogP contribution in [0.3, 0.4) is 0 Å². The molecule has 0 bridgehead atoms. The molecule has 128 valence electrons. The summed E-state index contributed by atoms with van der Waals surface area (Å²) in [5.74, 6) is 0.620. The van der Waals surface area contributed by atoms with Crippen molar-refractivity contribution in [2.45, 2.75) is 33.1 Å². The van der Waals surface area contributed by atoms with Gasteiger partial charge in [-0.25, -0.2) is 0 Å². The predicted octanol–water partition coefficient (Wildman–Crippen LogP) is 2.10. The second-order valence-corrected chi connectivity index (χ2v) is 5.28. The van der Waals surface area contributed by atoms with Crippen molar-refractivity contribution >= 4 is 0 Å². The summed E-state index contributed by atoms with van der Waals surface area (Å²) in [5.41, 5.74) is 0. The van der Waals surface area contributed by atoms with Crippen LogP contribution < -0.4 is 5.32 Å². The fourth-order valence-electron chi connectivity index (χ4n) is 1.70. The molecule has 0 aromatic rings. The van der Waals surface area contributed by atoms with Gasteiger partial charge in [0, 0.05) is 26.9 Å². The maximum atomic E-state index is 5.56. The van der Waals surface area contributed by atoms with Crippen LogP contribution in [0.4, 0.5) is 0 Å². The first-order chi connectivity index (χ1) is 10.3. The number of unbranched alkanes of at least 4 members (excludes halogenated alkanes) is 1. The molecule has 5 heteroatoms. The Morgan fingerprint density at radius 2 is 1.48 bits per heavy atom. The summed E-state index contributed by atoms with van der Waals surface area (Å²) in [5, 5.41) is 3.36. The maximum absolute atomic E-state index is 5.56. The van der Waals surface area contributed by atoms with Gasteiger partial charge in [-0.3, -0.25) is 0 Å². The standard InChI is InChI=1S/C16H35NO4/c1-4-5-8-19-11-13-21-14-12-20-9-6-16(2)15-17-7-10-18-3/h16-17H,4-15H2,1-3H3. The fourth-order valence-corrected chi connectivity index (χ4v) is 1.70. The molecule has 0 amide bonds. The van der Waals surface area contributed by atoms with E-state index in [1.165, 1.54) is 6.42 Å². The molecule has 0 aliphatic rings. The molecule has 21 heavy (non-hydrogen) atoms. The number of hydrogen-bond acceptors (Lipinski definition) is 5. The highest BCUT2D eigenvalue weighted by atomic mass is 16.5. The first-order valence-corrected chi connectivity index (χ1v) is 8.24. The zero-order chi connectivity index (χ0) is 15.6. The summed E-state index contributed by atoms with van der Waals surface area (Å²) in [4.78, 5) is 0. The Hall–Kier alpha value is -0.200. The number of hydrogen-bond donors (Lipinski definition) is 1. The molecule has 1 unspecified atom stereocenters. The van der Waals surface area contributed by atoms with Crippen molar-refractivity contribution in [1.29, 1.82) is 0 Å². The average Bonchev–Trinajstić information content (AvgIpc) is 2.49. The number of methoxy groups -OCH3 is 1. The second-order valence-electron chi connectivity index (χ2n) is 5.28. The summed E-state index contributed by atoms with van der Waals surface area (Å²) < 4.78 is 21.4. The molecular formula is C16H35NO4. The van der Waals surface area contributed by atoms with Crippen LogP contribution in [0.1, 0.15) is 33.1 Å². The van der Waals surface area contributed by atoms with Crippen LogP contribution >= 0.6 is 0 Å². The lowest BCUT2D eigenvalue weighted by Gasteiger charge is -2.12. The number of ether oxygens (including phenoxy) is 4. The smallest absolute Gasteiger partial charge is 0.0701 e. The van der Waals surface area contributed by atoms with Crippen LogP contribution in [-0.4, -0.2) is 66.4 Å². The van der Waals surface area contributed by atoms with Crippen molar-refractivity contribution < 1.29 is 18.9 Å². The van der Waals surface area contributed by atoms with E-state index in [1.807, 2.05) is 0 Å². The molecule has 0 aliphatic heterocycles. The molecule has 0 aromatic heterocycles. The molecule has 1 atom stereocenters. The molecule has 0 saturated carbocycles. The van der Waals surface area contributed by atoms with Gasteiger partial charge in [0.25, 0.3) is 0 Å². The van der Waals surface area contributed by atoms with E-state index < -0.39 is 0 Å². The molecule has 0 heterocycles. The van der Waals surface area contributed by atoms with Crippen molar-refractivity contribution in [3.63, 3.8) is 0 Å². The highest BCUT2D eigenvalue weighted by Gasteiger charge is 2.01. The van der Waals surface area contributed by atoms with Crippen LogP contribution in [0.5, 0.6) is 0 Å². The lowest BCUT2D eigenvalue weighted by molar-refractivity contribution is 0.0121. The van der Waals surface area contributed by atoms with Gasteiger partial charge in [-0.1, -0.05) is 20.3 Å². The summed E-state index contributed by atoms with van der Waals surface area (Å²) in [6.07, 6.45) is 3.37. The van der Waals surface area contributed by atoms with Crippen LogP contribution in [0.25, 0.3) is 0 Å². The van der Waals surface area contributed by atoms with E-state index in [0.29, 0.717) is 32.3 Å². The van der Waals surface area contributed by atoms with E-state index in [0.717, 1.165) is 45.8 Å². The van der Waals surface area contributed by atoms with Crippen LogP contribution in [-0.2, 0) is 18.9 Å². The van der Waals surface area contributed by atoms with E-state index >= 15 is 0 Å². The molecule has 0 fully saturated rings. The van der Waals surface area contributed by atoms with Gasteiger partial charge in [0.15, 0.2) is 0 Å². The molecule has 0 radical (unpaired) electrons. The molecule has 0 rings (SSSR count). The van der Waals surface area contributed by atoms with Gasteiger partial charge < -0.3 is 24.3 Å². The van der Waals surface area contributed by atoms with E-state index in [1.54, 1.807) is 7.11 Å². The molecular weight excluding hydrogens is 270 g/mol. The molecule has 1 N–H and O–H groups in total. The van der Waals surface area contributed by atoms with Gasteiger partial charge in [0.05, 0.1) is 33.0 Å². The molecule has 0 saturated heterocycles. The van der Waals surface area contributed by atoms with Crippen LogP contribution in [0.2, 0.25) is 0 Å². The molecule has 5 nitrogen and oxygen atoms in total. The largest absolute Gasteiger partial charge is 0.383 e. The Bertz CT molecular complexity index is 193. The highest BCUT2D eigenvalue weighted by molar-refractivity contribution is 4.56. The molecule has 0 spiro atoms. The van der Waals surface area contributed by atoms with E-state index in [9.17, 15) is 0 Å². The van der Waals surface area contributed by atoms with Crippen molar-refractivity contribution in [3.05, 3.63) is 0 Å². The Morgan fingerprint density at radius 3 is 2.10 bits per heavy atom. The third-order valence-corrected chi connectivity index (χ3v) is 3.12. The minimum absolute atomic E-state index is 0.620. The topological polar surface area (TPSA) is 49.0 Å². The molecule has 0 aromatic carbocycles. The van der Waals surface area contributed by atoms with Gasteiger partial charge >= 0.3 is 0 Å². The zero-order valence-corrected chi connectivity index (χ0v) is 14.2. The monoisotopic (exact) mass is 305 g/mol. The van der Waals surface area contributed by atoms with Crippen molar-refractivity contribution in [3.8, 4) is 0 Å². The number of nitrogens with one attached hydrogen (secondary N) is 1. The lowest BCUT2D eigenvalue weighted by atomic mass is 10.1. The normalized spacial score (nSPS) is 12.7. The first kappa shape index (κ1) is 20.8. The van der Waals surface area contributed by atoms with Crippen molar-refractivity contribution in [1.82, 2.24) is 5.32 Å². The van der Waals surface area contributed by atoms with Gasteiger partial charge in [-0.15, -0.1) is 0 Å². The van der Waals surface area contributed by atoms with Gasteiger partial charge in [-0.2, -0.15) is 0 Å². The third-order valence-electron chi connectivity index (χ3n) is 3.12. The van der Waals surface area contributed by atoms with Gasteiger partial charge in [-0.05, 0) is 25.3 Å². The molecule has 0 aliphatic carbocycles. The minimum atomic E-state index is 0.620. The quantitative estimate of drug-likeness (QED) is 0.417. The van der Waals surface area contributed by atoms with E-state index in [2.05, 4.69) is 19.2 Å². The van der Waals surface area contributed by atoms with E-state index in [4.69, 9.17) is 18.9 Å².